The minimum absolute atomic E-state index is 0.0200. The number of carbonyl (C=O) groups is 2. The van der Waals surface area contributed by atoms with E-state index in [0.717, 1.165) is 5.75 Å². The van der Waals surface area contributed by atoms with Crippen LogP contribution in [0.2, 0.25) is 0 Å². The van der Waals surface area contributed by atoms with Crippen LogP contribution in [0.15, 0.2) is 65.2 Å². The Balaban J connectivity index is 1.25. The second kappa shape index (κ2) is 9.44. The Kier molecular flexibility index (Phi) is 6.28. The predicted molar refractivity (Wildman–Crippen MR) is 115 cm³/mol. The van der Waals surface area contributed by atoms with Gasteiger partial charge in [0.1, 0.15) is 17.3 Å². The summed E-state index contributed by atoms with van der Waals surface area (Å²) in [6, 6.07) is 18.3. The molecular formula is C23H24N4O4. The van der Waals surface area contributed by atoms with Crippen LogP contribution in [0.1, 0.15) is 16.1 Å². The van der Waals surface area contributed by atoms with Crippen molar-refractivity contribution in [1.82, 2.24) is 15.0 Å². The van der Waals surface area contributed by atoms with Crippen LogP contribution in [0, 0.1) is 6.92 Å². The third-order valence-corrected chi connectivity index (χ3v) is 5.00. The summed E-state index contributed by atoms with van der Waals surface area (Å²) in [7, 11) is 0. The maximum atomic E-state index is 12.8. The minimum Gasteiger partial charge on any atom is -0.457 e. The highest BCUT2D eigenvalue weighted by molar-refractivity contribution is 5.94. The molecule has 0 aliphatic carbocycles. The average molecular weight is 420 g/mol. The highest BCUT2D eigenvalue weighted by atomic mass is 16.5. The van der Waals surface area contributed by atoms with Crippen LogP contribution in [0.4, 0.5) is 5.82 Å². The van der Waals surface area contributed by atoms with Crippen molar-refractivity contribution in [2.45, 2.75) is 6.92 Å². The monoisotopic (exact) mass is 420 g/mol. The van der Waals surface area contributed by atoms with Crippen LogP contribution in [0.25, 0.3) is 0 Å². The molecular weight excluding hydrogens is 396 g/mol. The summed E-state index contributed by atoms with van der Waals surface area (Å²) >= 11 is 0. The van der Waals surface area contributed by atoms with Crippen LogP contribution < -0.4 is 10.1 Å². The molecule has 1 aliphatic heterocycles. The van der Waals surface area contributed by atoms with Crippen molar-refractivity contribution in [2.24, 2.45) is 0 Å². The Morgan fingerprint density at radius 3 is 2.32 bits per heavy atom. The molecule has 3 aromatic rings. The molecule has 1 N–H and O–H groups in total. The van der Waals surface area contributed by atoms with Crippen molar-refractivity contribution in [2.75, 3.05) is 38.0 Å². The van der Waals surface area contributed by atoms with E-state index in [1.807, 2.05) is 40.1 Å². The Morgan fingerprint density at radius 1 is 1.00 bits per heavy atom. The maximum Gasteiger partial charge on any atom is 0.253 e. The Labute approximate surface area is 180 Å². The lowest BCUT2D eigenvalue weighted by Gasteiger charge is -2.34. The topological polar surface area (TPSA) is 87.9 Å². The molecule has 4 rings (SSSR count). The number of nitrogens with zero attached hydrogens (tertiary/aromatic N) is 3. The van der Waals surface area contributed by atoms with Crippen molar-refractivity contribution >= 4 is 17.6 Å². The standard InChI is InChI=1S/C23H24N4O4/c1-17-15-21(25-31-17)24-22(28)16-26-11-13-27(14-12-26)23(29)18-7-9-20(10-8-18)30-19-5-3-2-4-6-19/h2-10,15H,11-14,16H2,1H3,(H,24,25,28). The van der Waals surface area contributed by atoms with Gasteiger partial charge in [-0.3, -0.25) is 14.5 Å². The number of carbonyl (C=O) groups excluding carboxylic acids is 2. The SMILES string of the molecule is Cc1cc(NC(=O)CN2CCN(C(=O)c3ccc(Oc4ccccc4)cc3)CC2)no1. The number of amides is 2. The number of rotatable bonds is 6. The van der Waals surface area contributed by atoms with E-state index in [4.69, 9.17) is 9.26 Å². The van der Waals surface area contributed by atoms with Gasteiger partial charge in [-0.2, -0.15) is 0 Å². The Hall–Kier alpha value is -3.65. The summed E-state index contributed by atoms with van der Waals surface area (Å²) in [5.74, 6) is 2.31. The highest BCUT2D eigenvalue weighted by Gasteiger charge is 2.23. The number of benzene rings is 2. The van der Waals surface area contributed by atoms with Gasteiger partial charge in [0, 0.05) is 37.8 Å². The Bertz CT molecular complexity index is 1030. The number of hydrogen-bond donors (Lipinski definition) is 1. The largest absolute Gasteiger partial charge is 0.457 e. The van der Waals surface area contributed by atoms with Gasteiger partial charge >= 0.3 is 0 Å². The van der Waals surface area contributed by atoms with Crippen molar-refractivity contribution in [3.05, 3.63) is 72.0 Å². The van der Waals surface area contributed by atoms with Crippen LogP contribution in [-0.4, -0.2) is 59.5 Å². The summed E-state index contributed by atoms with van der Waals surface area (Å²) in [4.78, 5) is 28.8. The first-order valence-electron chi connectivity index (χ1n) is 10.1. The number of piperazine rings is 1. The fourth-order valence-corrected chi connectivity index (χ4v) is 3.39. The lowest BCUT2D eigenvalue weighted by Crippen LogP contribution is -2.50. The molecule has 1 saturated heterocycles. The molecule has 31 heavy (non-hydrogen) atoms. The van der Waals surface area contributed by atoms with Crippen molar-refractivity contribution in [3.63, 3.8) is 0 Å². The number of nitrogens with one attached hydrogen (secondary N) is 1. The quantitative estimate of drug-likeness (QED) is 0.659. The summed E-state index contributed by atoms with van der Waals surface area (Å²) in [5, 5.41) is 6.47. The fourth-order valence-electron chi connectivity index (χ4n) is 3.39. The molecule has 8 heteroatoms. The second-order valence-corrected chi connectivity index (χ2v) is 7.38. The number of aryl methyl sites for hydroxylation is 1. The zero-order valence-corrected chi connectivity index (χ0v) is 17.3. The summed E-state index contributed by atoms with van der Waals surface area (Å²) in [6.07, 6.45) is 0. The molecule has 0 saturated carbocycles. The summed E-state index contributed by atoms with van der Waals surface area (Å²) in [6.45, 7) is 4.41. The number of hydrogen-bond acceptors (Lipinski definition) is 6. The Morgan fingerprint density at radius 2 is 1.68 bits per heavy atom. The molecule has 1 aromatic heterocycles. The average Bonchev–Trinajstić information content (AvgIpc) is 3.19. The molecule has 2 amide bonds. The van der Waals surface area contributed by atoms with E-state index in [2.05, 4.69) is 10.5 Å². The van der Waals surface area contributed by atoms with Crippen molar-refractivity contribution < 1.29 is 18.8 Å². The lowest BCUT2D eigenvalue weighted by molar-refractivity contribution is -0.117. The van der Waals surface area contributed by atoms with E-state index < -0.39 is 0 Å². The third-order valence-electron chi connectivity index (χ3n) is 5.00. The number of ether oxygens (including phenoxy) is 1. The van der Waals surface area contributed by atoms with E-state index in [-0.39, 0.29) is 18.4 Å². The molecule has 0 spiro atoms. The van der Waals surface area contributed by atoms with Gasteiger partial charge in [0.2, 0.25) is 5.91 Å². The molecule has 8 nitrogen and oxygen atoms in total. The molecule has 1 fully saturated rings. The summed E-state index contributed by atoms with van der Waals surface area (Å²) < 4.78 is 10.7. The zero-order chi connectivity index (χ0) is 21.6. The number of para-hydroxylation sites is 1. The van der Waals surface area contributed by atoms with Crippen LogP contribution >= 0.6 is 0 Å². The van der Waals surface area contributed by atoms with Crippen LogP contribution in [0.3, 0.4) is 0 Å². The normalized spacial score (nSPS) is 14.3. The molecule has 160 valence electrons. The third kappa shape index (κ3) is 5.49. The predicted octanol–water partition coefficient (Wildman–Crippen LogP) is 3.17. The van der Waals surface area contributed by atoms with Gasteiger partial charge in [0.05, 0.1) is 6.54 Å². The molecule has 0 atom stereocenters. The molecule has 2 aromatic carbocycles. The van der Waals surface area contributed by atoms with Gasteiger partial charge in [-0.15, -0.1) is 0 Å². The van der Waals surface area contributed by atoms with E-state index >= 15 is 0 Å². The second-order valence-electron chi connectivity index (χ2n) is 7.38. The smallest absolute Gasteiger partial charge is 0.253 e. The summed E-state index contributed by atoms with van der Waals surface area (Å²) in [5.41, 5.74) is 0.619. The van der Waals surface area contributed by atoms with Crippen molar-refractivity contribution in [1.29, 1.82) is 0 Å². The fraction of sp³-hybridized carbons (Fsp3) is 0.261. The van der Waals surface area contributed by atoms with E-state index in [1.54, 1.807) is 37.3 Å². The number of anilines is 1. The first-order valence-corrected chi connectivity index (χ1v) is 10.1. The molecule has 2 heterocycles. The lowest BCUT2D eigenvalue weighted by atomic mass is 10.1. The minimum atomic E-state index is -0.151. The van der Waals surface area contributed by atoms with Gasteiger partial charge in [0.25, 0.3) is 5.91 Å². The van der Waals surface area contributed by atoms with Gasteiger partial charge in [0.15, 0.2) is 5.82 Å². The molecule has 0 bridgehead atoms. The first-order chi connectivity index (χ1) is 15.1. The van der Waals surface area contributed by atoms with Gasteiger partial charge in [-0.05, 0) is 43.3 Å². The molecule has 0 unspecified atom stereocenters. The van der Waals surface area contributed by atoms with E-state index in [1.165, 1.54) is 0 Å². The van der Waals surface area contributed by atoms with Crippen LogP contribution in [0.5, 0.6) is 11.5 Å². The highest BCUT2D eigenvalue weighted by Crippen LogP contribution is 2.22. The van der Waals surface area contributed by atoms with E-state index in [9.17, 15) is 9.59 Å². The zero-order valence-electron chi connectivity index (χ0n) is 17.3. The first kappa shape index (κ1) is 20.6. The van der Waals surface area contributed by atoms with Crippen molar-refractivity contribution in [3.8, 4) is 11.5 Å². The maximum absolute atomic E-state index is 12.8. The van der Waals surface area contributed by atoms with Gasteiger partial charge in [-0.1, -0.05) is 23.4 Å². The van der Waals surface area contributed by atoms with Gasteiger partial charge in [-0.25, -0.2) is 0 Å². The molecule has 1 aliphatic rings. The molecule has 0 radical (unpaired) electrons. The number of aromatic nitrogens is 1. The van der Waals surface area contributed by atoms with Gasteiger partial charge < -0.3 is 19.5 Å². The van der Waals surface area contributed by atoms with Crippen LogP contribution in [-0.2, 0) is 4.79 Å². The van der Waals surface area contributed by atoms with E-state index in [0.29, 0.717) is 49.1 Å².